The first-order valence-corrected chi connectivity index (χ1v) is 11.5. The van der Waals surface area contributed by atoms with E-state index in [9.17, 15) is 9.59 Å². The number of nitrogens with zero attached hydrogens (tertiary/aromatic N) is 2. The monoisotopic (exact) mass is 470 g/mol. The number of carbonyl (C=O) groups excluding carboxylic acids is 2. The SMILES string of the molecule is CCCCc1nc2cccc(C(=O)OC)c2n1Cc1ccc2c(Cl)c(C(=O)OC)sc2c1. The lowest BCUT2D eigenvalue weighted by Gasteiger charge is -2.11. The van der Waals surface area contributed by atoms with Crippen LogP contribution >= 0.6 is 22.9 Å². The van der Waals surface area contributed by atoms with Gasteiger partial charge in [0.15, 0.2) is 0 Å². The van der Waals surface area contributed by atoms with Crippen LogP contribution in [0.4, 0.5) is 0 Å². The fraction of sp³-hybridized carbons (Fsp3) is 0.292. The van der Waals surface area contributed by atoms with E-state index >= 15 is 0 Å². The second-order valence-electron chi connectivity index (χ2n) is 7.45. The van der Waals surface area contributed by atoms with Crippen LogP contribution in [0.2, 0.25) is 5.02 Å². The summed E-state index contributed by atoms with van der Waals surface area (Å²) in [6, 6.07) is 11.4. The number of benzene rings is 2. The molecular formula is C24H23ClN2O4S. The van der Waals surface area contributed by atoms with Gasteiger partial charge in [0.2, 0.25) is 0 Å². The number of aromatic nitrogens is 2. The Bertz CT molecular complexity index is 1320. The van der Waals surface area contributed by atoms with Gasteiger partial charge in [0.05, 0.1) is 35.8 Å². The van der Waals surface area contributed by atoms with Gasteiger partial charge in [-0.1, -0.05) is 43.1 Å². The maximum absolute atomic E-state index is 12.4. The van der Waals surface area contributed by atoms with Crippen molar-refractivity contribution in [1.82, 2.24) is 9.55 Å². The number of hydrogen-bond donors (Lipinski definition) is 0. The Labute approximate surface area is 194 Å². The normalized spacial score (nSPS) is 11.2. The minimum atomic E-state index is -0.442. The number of unbranched alkanes of at least 4 members (excludes halogenated alkanes) is 1. The summed E-state index contributed by atoms with van der Waals surface area (Å²) in [6.07, 6.45) is 2.85. The highest BCUT2D eigenvalue weighted by Gasteiger charge is 2.20. The van der Waals surface area contributed by atoms with Crippen molar-refractivity contribution in [3.05, 3.63) is 63.2 Å². The number of aryl methyl sites for hydroxylation is 1. The lowest BCUT2D eigenvalue weighted by Crippen LogP contribution is -2.09. The van der Waals surface area contributed by atoms with E-state index in [1.807, 2.05) is 30.3 Å². The van der Waals surface area contributed by atoms with Crippen molar-refractivity contribution in [3.8, 4) is 0 Å². The molecule has 0 unspecified atom stereocenters. The van der Waals surface area contributed by atoms with E-state index in [0.717, 1.165) is 51.8 Å². The number of ether oxygens (including phenoxy) is 2. The molecule has 166 valence electrons. The molecule has 0 fully saturated rings. The fourth-order valence-corrected chi connectivity index (χ4v) is 5.31. The first-order chi connectivity index (χ1) is 15.5. The molecule has 0 amide bonds. The summed E-state index contributed by atoms with van der Waals surface area (Å²) in [6.45, 7) is 2.67. The highest BCUT2D eigenvalue weighted by Crippen LogP contribution is 2.36. The molecule has 0 saturated carbocycles. The lowest BCUT2D eigenvalue weighted by atomic mass is 10.1. The topological polar surface area (TPSA) is 70.4 Å². The first-order valence-electron chi connectivity index (χ1n) is 10.3. The largest absolute Gasteiger partial charge is 0.465 e. The van der Waals surface area contributed by atoms with Gasteiger partial charge in [0.25, 0.3) is 0 Å². The summed E-state index contributed by atoms with van der Waals surface area (Å²) in [5, 5.41) is 1.23. The predicted octanol–water partition coefficient (Wildman–Crippen LogP) is 5.87. The third-order valence-electron chi connectivity index (χ3n) is 5.41. The molecule has 0 radical (unpaired) electrons. The van der Waals surface area contributed by atoms with Crippen molar-refractivity contribution in [2.45, 2.75) is 32.7 Å². The molecule has 0 aliphatic carbocycles. The molecule has 0 N–H and O–H groups in total. The average Bonchev–Trinajstić information content (AvgIpc) is 3.33. The molecule has 0 bridgehead atoms. The van der Waals surface area contributed by atoms with Gasteiger partial charge in [-0.2, -0.15) is 0 Å². The summed E-state index contributed by atoms with van der Waals surface area (Å²) >= 11 is 7.71. The van der Waals surface area contributed by atoms with Crippen molar-refractivity contribution in [2.75, 3.05) is 14.2 Å². The molecule has 6 nitrogen and oxygen atoms in total. The first kappa shape index (κ1) is 22.3. The maximum atomic E-state index is 12.4. The molecule has 4 rings (SSSR count). The summed E-state index contributed by atoms with van der Waals surface area (Å²) in [5.41, 5.74) is 3.05. The molecular weight excluding hydrogens is 448 g/mol. The number of rotatable bonds is 7. The quantitative estimate of drug-likeness (QED) is 0.316. The Morgan fingerprint density at radius 1 is 1.12 bits per heavy atom. The van der Waals surface area contributed by atoms with Gasteiger partial charge in [-0.15, -0.1) is 11.3 Å². The van der Waals surface area contributed by atoms with Crippen LogP contribution in [0.25, 0.3) is 21.1 Å². The van der Waals surface area contributed by atoms with Crippen LogP contribution in [-0.2, 0) is 22.4 Å². The van der Waals surface area contributed by atoms with E-state index in [1.54, 1.807) is 6.07 Å². The minimum absolute atomic E-state index is 0.387. The zero-order chi connectivity index (χ0) is 22.8. The van der Waals surface area contributed by atoms with Crippen molar-refractivity contribution in [1.29, 1.82) is 0 Å². The van der Waals surface area contributed by atoms with Crippen LogP contribution in [0.5, 0.6) is 0 Å². The Balaban J connectivity index is 1.82. The number of thiophene rings is 1. The third kappa shape index (κ3) is 3.98. The molecule has 0 aliphatic rings. The standard InChI is InChI=1S/C24H23ClN2O4S/c1-4-5-9-19-26-17-8-6-7-16(23(28)30-2)21(17)27(19)13-14-10-11-15-18(12-14)32-22(20(15)25)24(29)31-3/h6-8,10-12H,4-5,9,13H2,1-3H3. The molecule has 0 atom stereocenters. The van der Waals surface area contributed by atoms with E-state index in [0.29, 0.717) is 22.0 Å². The summed E-state index contributed by atoms with van der Waals surface area (Å²) in [4.78, 5) is 29.7. The second-order valence-corrected chi connectivity index (χ2v) is 8.88. The number of carbonyl (C=O) groups is 2. The van der Waals surface area contributed by atoms with Gasteiger partial charge in [-0.25, -0.2) is 14.6 Å². The molecule has 2 heterocycles. The van der Waals surface area contributed by atoms with Crippen LogP contribution < -0.4 is 0 Å². The van der Waals surface area contributed by atoms with E-state index < -0.39 is 5.97 Å². The number of fused-ring (bicyclic) bond motifs is 2. The van der Waals surface area contributed by atoms with Crippen LogP contribution in [0.1, 0.15) is 51.2 Å². The van der Waals surface area contributed by atoms with Crippen molar-refractivity contribution < 1.29 is 19.1 Å². The van der Waals surface area contributed by atoms with Crippen LogP contribution in [-0.4, -0.2) is 35.7 Å². The Morgan fingerprint density at radius 2 is 1.91 bits per heavy atom. The molecule has 2 aromatic heterocycles. The number of para-hydroxylation sites is 1. The minimum Gasteiger partial charge on any atom is -0.465 e. The highest BCUT2D eigenvalue weighted by atomic mass is 35.5. The van der Waals surface area contributed by atoms with Gasteiger partial charge in [-0.3, -0.25) is 0 Å². The van der Waals surface area contributed by atoms with Crippen LogP contribution in [0.15, 0.2) is 36.4 Å². The van der Waals surface area contributed by atoms with Crippen molar-refractivity contribution in [3.63, 3.8) is 0 Å². The molecule has 2 aromatic carbocycles. The Kier molecular flexibility index (Phi) is 6.48. The zero-order valence-electron chi connectivity index (χ0n) is 18.1. The van der Waals surface area contributed by atoms with Gasteiger partial charge in [-0.05, 0) is 30.2 Å². The molecule has 0 spiro atoms. The Morgan fingerprint density at radius 3 is 2.62 bits per heavy atom. The summed E-state index contributed by atoms with van der Waals surface area (Å²) in [7, 11) is 2.72. The van der Waals surface area contributed by atoms with E-state index in [2.05, 4.69) is 11.5 Å². The van der Waals surface area contributed by atoms with Gasteiger partial charge in [0.1, 0.15) is 10.7 Å². The molecule has 8 heteroatoms. The van der Waals surface area contributed by atoms with E-state index in [1.165, 1.54) is 25.6 Å². The smallest absolute Gasteiger partial charge is 0.349 e. The Hall–Kier alpha value is -2.90. The van der Waals surface area contributed by atoms with Crippen molar-refractivity contribution in [2.24, 2.45) is 0 Å². The number of hydrogen-bond acceptors (Lipinski definition) is 6. The number of imidazole rings is 1. The molecule has 32 heavy (non-hydrogen) atoms. The number of halogens is 1. The van der Waals surface area contributed by atoms with Crippen LogP contribution in [0.3, 0.4) is 0 Å². The fourth-order valence-electron chi connectivity index (χ4n) is 3.82. The summed E-state index contributed by atoms with van der Waals surface area (Å²) < 4.78 is 12.8. The maximum Gasteiger partial charge on any atom is 0.349 e. The highest BCUT2D eigenvalue weighted by molar-refractivity contribution is 7.21. The van der Waals surface area contributed by atoms with Gasteiger partial charge >= 0.3 is 11.9 Å². The number of methoxy groups -OCH3 is 2. The lowest BCUT2D eigenvalue weighted by molar-refractivity contribution is 0.0595. The summed E-state index contributed by atoms with van der Waals surface area (Å²) in [5.74, 6) is 0.0997. The van der Waals surface area contributed by atoms with Crippen LogP contribution in [0, 0.1) is 0 Å². The van der Waals surface area contributed by atoms with Gasteiger partial charge in [0, 0.05) is 23.1 Å². The third-order valence-corrected chi connectivity index (χ3v) is 7.05. The number of esters is 2. The second kappa shape index (κ2) is 9.30. The van der Waals surface area contributed by atoms with Crippen molar-refractivity contribution >= 4 is 56.0 Å². The predicted molar refractivity (Wildman–Crippen MR) is 127 cm³/mol. The zero-order valence-corrected chi connectivity index (χ0v) is 19.7. The molecule has 4 aromatic rings. The molecule has 0 saturated heterocycles. The van der Waals surface area contributed by atoms with Gasteiger partial charge < -0.3 is 14.0 Å². The average molecular weight is 471 g/mol. The van der Waals surface area contributed by atoms with E-state index in [-0.39, 0.29) is 5.97 Å². The molecule has 0 aliphatic heterocycles. The van der Waals surface area contributed by atoms with E-state index in [4.69, 9.17) is 26.1 Å².